The maximum atomic E-state index is 9.76. The van der Waals surface area contributed by atoms with E-state index in [-0.39, 0.29) is 6.61 Å². The molecule has 0 aromatic heterocycles. The van der Waals surface area contributed by atoms with Gasteiger partial charge in [0.1, 0.15) is 5.60 Å². The SMILES string of the molecule is CC(C)=CC(O)(C=C(C)C)CO. The zero-order valence-corrected chi connectivity index (χ0v) is 8.26. The molecule has 0 unspecified atom stereocenters. The summed E-state index contributed by atoms with van der Waals surface area (Å²) in [6.45, 7) is 7.28. The highest BCUT2D eigenvalue weighted by atomic mass is 16.3. The quantitative estimate of drug-likeness (QED) is 0.632. The summed E-state index contributed by atoms with van der Waals surface area (Å²) in [5, 5.41) is 18.7. The Morgan fingerprint density at radius 1 is 1.08 bits per heavy atom. The van der Waals surface area contributed by atoms with Crippen LogP contribution < -0.4 is 0 Å². The average molecular weight is 170 g/mol. The first-order valence-electron chi connectivity index (χ1n) is 4.05. The summed E-state index contributed by atoms with van der Waals surface area (Å²) < 4.78 is 0. The van der Waals surface area contributed by atoms with E-state index in [0.717, 1.165) is 11.1 Å². The molecule has 0 bridgehead atoms. The highest BCUT2D eigenvalue weighted by molar-refractivity contribution is 5.19. The van der Waals surface area contributed by atoms with Gasteiger partial charge < -0.3 is 10.2 Å². The number of rotatable bonds is 3. The Balaban J connectivity index is 4.69. The summed E-state index contributed by atoms with van der Waals surface area (Å²) >= 11 is 0. The van der Waals surface area contributed by atoms with E-state index in [0.29, 0.717) is 0 Å². The molecule has 0 saturated heterocycles. The summed E-state index contributed by atoms with van der Waals surface area (Å²) in [4.78, 5) is 0. The largest absolute Gasteiger partial charge is 0.393 e. The average Bonchev–Trinajstić information content (AvgIpc) is 1.83. The summed E-state index contributed by atoms with van der Waals surface area (Å²) in [6, 6.07) is 0. The zero-order valence-electron chi connectivity index (χ0n) is 8.26. The van der Waals surface area contributed by atoms with Crippen LogP contribution in [-0.4, -0.2) is 22.4 Å². The molecule has 2 heteroatoms. The maximum Gasteiger partial charge on any atom is 0.124 e. The van der Waals surface area contributed by atoms with Gasteiger partial charge in [0, 0.05) is 0 Å². The van der Waals surface area contributed by atoms with E-state index in [2.05, 4.69) is 0 Å². The maximum absolute atomic E-state index is 9.76. The first kappa shape index (κ1) is 11.4. The van der Waals surface area contributed by atoms with Crippen LogP contribution >= 0.6 is 0 Å². The molecule has 0 aromatic carbocycles. The van der Waals surface area contributed by atoms with Gasteiger partial charge in [-0.1, -0.05) is 11.1 Å². The lowest BCUT2D eigenvalue weighted by Crippen LogP contribution is -2.28. The van der Waals surface area contributed by atoms with Crippen LogP contribution in [0.3, 0.4) is 0 Å². The molecule has 0 spiro atoms. The van der Waals surface area contributed by atoms with Crippen molar-refractivity contribution in [2.24, 2.45) is 0 Å². The molecule has 0 aliphatic rings. The summed E-state index contributed by atoms with van der Waals surface area (Å²) in [5.74, 6) is 0. The van der Waals surface area contributed by atoms with Crippen LogP contribution in [0.25, 0.3) is 0 Å². The topological polar surface area (TPSA) is 40.5 Å². The standard InChI is InChI=1S/C10H18O2/c1-8(2)5-10(12,7-11)6-9(3)4/h5-6,11-12H,7H2,1-4H3. The molecule has 12 heavy (non-hydrogen) atoms. The number of aliphatic hydroxyl groups excluding tert-OH is 1. The van der Waals surface area contributed by atoms with Crippen LogP contribution in [0.5, 0.6) is 0 Å². The lowest BCUT2D eigenvalue weighted by Gasteiger charge is -2.18. The Labute approximate surface area is 74.2 Å². The summed E-state index contributed by atoms with van der Waals surface area (Å²) in [5.41, 5.74) is 0.797. The molecule has 0 aliphatic heterocycles. The Morgan fingerprint density at radius 2 is 1.42 bits per heavy atom. The van der Waals surface area contributed by atoms with Crippen LogP contribution in [-0.2, 0) is 0 Å². The van der Waals surface area contributed by atoms with Gasteiger partial charge in [-0.3, -0.25) is 0 Å². The highest BCUT2D eigenvalue weighted by Gasteiger charge is 2.18. The lowest BCUT2D eigenvalue weighted by molar-refractivity contribution is 0.0666. The molecule has 2 nitrogen and oxygen atoms in total. The summed E-state index contributed by atoms with van der Waals surface area (Å²) in [7, 11) is 0. The third-order valence-electron chi connectivity index (χ3n) is 1.33. The minimum atomic E-state index is -1.18. The molecule has 0 radical (unpaired) electrons. The number of allylic oxidation sites excluding steroid dienone is 2. The lowest BCUT2D eigenvalue weighted by atomic mass is 10.00. The van der Waals surface area contributed by atoms with Gasteiger partial charge in [-0.25, -0.2) is 0 Å². The van der Waals surface area contributed by atoms with Gasteiger partial charge in [0.05, 0.1) is 6.61 Å². The van der Waals surface area contributed by atoms with E-state index in [1.807, 2.05) is 27.7 Å². The van der Waals surface area contributed by atoms with Crippen LogP contribution in [0.4, 0.5) is 0 Å². The molecule has 0 rings (SSSR count). The van der Waals surface area contributed by atoms with Crippen LogP contribution in [0, 0.1) is 0 Å². The van der Waals surface area contributed by atoms with Crippen LogP contribution in [0.1, 0.15) is 27.7 Å². The van der Waals surface area contributed by atoms with Crippen molar-refractivity contribution in [3.63, 3.8) is 0 Å². The summed E-state index contributed by atoms with van der Waals surface area (Å²) in [6.07, 6.45) is 3.31. The normalized spacial score (nSPS) is 10.8. The van der Waals surface area contributed by atoms with Gasteiger partial charge in [0.25, 0.3) is 0 Å². The predicted molar refractivity (Wildman–Crippen MR) is 50.9 cm³/mol. The van der Waals surface area contributed by atoms with Crippen molar-refractivity contribution in [3.05, 3.63) is 23.3 Å². The van der Waals surface area contributed by atoms with E-state index in [1.165, 1.54) is 0 Å². The molecule has 0 atom stereocenters. The smallest absolute Gasteiger partial charge is 0.124 e. The first-order chi connectivity index (χ1) is 5.39. The van der Waals surface area contributed by atoms with Crippen molar-refractivity contribution in [2.75, 3.05) is 6.61 Å². The molecule has 2 N–H and O–H groups in total. The van der Waals surface area contributed by atoms with Gasteiger partial charge in [-0.2, -0.15) is 0 Å². The van der Waals surface area contributed by atoms with Crippen LogP contribution in [0.15, 0.2) is 23.3 Å². The molecule has 0 fully saturated rings. The zero-order chi connectivity index (χ0) is 9.78. The monoisotopic (exact) mass is 170 g/mol. The van der Waals surface area contributed by atoms with Crippen molar-refractivity contribution in [1.29, 1.82) is 0 Å². The second kappa shape index (κ2) is 4.43. The van der Waals surface area contributed by atoms with E-state index < -0.39 is 5.60 Å². The minimum Gasteiger partial charge on any atom is -0.393 e. The van der Waals surface area contributed by atoms with Crippen molar-refractivity contribution in [1.82, 2.24) is 0 Å². The molecule has 0 saturated carbocycles. The van der Waals surface area contributed by atoms with Crippen molar-refractivity contribution >= 4 is 0 Å². The predicted octanol–water partition coefficient (Wildman–Crippen LogP) is 1.64. The third-order valence-corrected chi connectivity index (χ3v) is 1.33. The molecule has 0 aliphatic carbocycles. The first-order valence-corrected chi connectivity index (χ1v) is 4.05. The second-order valence-corrected chi connectivity index (χ2v) is 3.59. The molecular formula is C10H18O2. The van der Waals surface area contributed by atoms with Crippen molar-refractivity contribution in [3.8, 4) is 0 Å². The Bertz CT molecular complexity index is 176. The Kier molecular flexibility index (Phi) is 4.21. The fourth-order valence-corrected chi connectivity index (χ4v) is 1.13. The van der Waals surface area contributed by atoms with Gasteiger partial charge in [0.2, 0.25) is 0 Å². The van der Waals surface area contributed by atoms with E-state index in [9.17, 15) is 5.11 Å². The fraction of sp³-hybridized carbons (Fsp3) is 0.600. The molecule has 70 valence electrons. The fourth-order valence-electron chi connectivity index (χ4n) is 1.13. The van der Waals surface area contributed by atoms with Crippen molar-refractivity contribution < 1.29 is 10.2 Å². The van der Waals surface area contributed by atoms with Crippen LogP contribution in [0.2, 0.25) is 0 Å². The molecule has 0 aromatic rings. The van der Waals surface area contributed by atoms with Gasteiger partial charge >= 0.3 is 0 Å². The minimum absolute atomic E-state index is 0.274. The van der Waals surface area contributed by atoms with Gasteiger partial charge in [-0.05, 0) is 39.8 Å². The third kappa shape index (κ3) is 4.31. The van der Waals surface area contributed by atoms with Gasteiger partial charge in [-0.15, -0.1) is 0 Å². The molecule has 0 amide bonds. The van der Waals surface area contributed by atoms with Gasteiger partial charge in [0.15, 0.2) is 0 Å². The molecular weight excluding hydrogens is 152 g/mol. The number of aliphatic hydroxyl groups is 2. The van der Waals surface area contributed by atoms with E-state index >= 15 is 0 Å². The van der Waals surface area contributed by atoms with E-state index in [1.54, 1.807) is 12.2 Å². The van der Waals surface area contributed by atoms with E-state index in [4.69, 9.17) is 5.11 Å². The number of hydrogen-bond acceptors (Lipinski definition) is 2. The number of hydrogen-bond donors (Lipinski definition) is 2. The molecule has 0 heterocycles. The van der Waals surface area contributed by atoms with Crippen molar-refractivity contribution in [2.45, 2.75) is 33.3 Å². The Hall–Kier alpha value is -0.600. The Morgan fingerprint density at radius 3 is 1.58 bits per heavy atom. The highest BCUT2D eigenvalue weighted by Crippen LogP contribution is 2.13. The second-order valence-electron chi connectivity index (χ2n) is 3.59.